The number of aromatic nitrogens is 10. The van der Waals surface area contributed by atoms with Crippen molar-refractivity contribution in [2.75, 3.05) is 16.0 Å². The number of hydrogen-bond acceptors (Lipinski definition) is 11. The van der Waals surface area contributed by atoms with E-state index in [0.717, 1.165) is 53.7 Å². The van der Waals surface area contributed by atoms with E-state index in [1.54, 1.807) is 42.7 Å². The van der Waals surface area contributed by atoms with Gasteiger partial charge in [0.15, 0.2) is 11.3 Å². The summed E-state index contributed by atoms with van der Waals surface area (Å²) in [6, 6.07) is 34.7. The predicted octanol–water partition coefficient (Wildman–Crippen LogP) is 11.0. The maximum atomic E-state index is 13.7. The highest BCUT2D eigenvalue weighted by molar-refractivity contribution is 6.29. The molecule has 16 heteroatoms. The number of benzene rings is 3. The third-order valence-electron chi connectivity index (χ3n) is 11.6. The van der Waals surface area contributed by atoms with Crippen LogP contribution in [0.1, 0.15) is 56.9 Å². The predicted molar refractivity (Wildman–Crippen MR) is 250 cm³/mol. The third kappa shape index (κ3) is 9.46. The Labute approximate surface area is 378 Å². The molecule has 0 atom stereocenters. The number of hydrogen-bond donors (Lipinski definition) is 3. The molecule has 2 aliphatic rings. The second kappa shape index (κ2) is 18.8. The van der Waals surface area contributed by atoms with E-state index in [-0.39, 0.29) is 11.6 Å². The van der Waals surface area contributed by atoms with Gasteiger partial charge < -0.3 is 16.0 Å². The van der Waals surface area contributed by atoms with E-state index in [4.69, 9.17) is 31.5 Å². The molecule has 0 radical (unpaired) electrons. The van der Waals surface area contributed by atoms with E-state index in [1.165, 1.54) is 55.5 Å². The Hall–Kier alpha value is -7.39. The zero-order valence-corrected chi connectivity index (χ0v) is 36.0. The van der Waals surface area contributed by atoms with Crippen LogP contribution in [0.2, 0.25) is 5.15 Å². The summed E-state index contributed by atoms with van der Waals surface area (Å²) in [7, 11) is 0. The Bertz CT molecular complexity index is 3060. The normalized spacial score (nSPS) is 14.1. The van der Waals surface area contributed by atoms with Gasteiger partial charge in [-0.15, -0.1) is 0 Å². The lowest BCUT2D eigenvalue weighted by Gasteiger charge is -2.14. The van der Waals surface area contributed by atoms with Crippen molar-refractivity contribution >= 4 is 51.6 Å². The number of halogens is 3. The van der Waals surface area contributed by atoms with Crippen molar-refractivity contribution in [1.29, 1.82) is 0 Å². The molecule has 6 heterocycles. The minimum atomic E-state index is -0.303. The Kier molecular flexibility index (Phi) is 12.0. The molecule has 0 aliphatic heterocycles. The summed E-state index contributed by atoms with van der Waals surface area (Å²) >= 11 is 6.07. The van der Waals surface area contributed by atoms with Crippen LogP contribution in [0.4, 0.5) is 26.5 Å². The van der Waals surface area contributed by atoms with Crippen LogP contribution in [-0.2, 0) is 6.54 Å². The van der Waals surface area contributed by atoms with E-state index >= 15 is 0 Å². The van der Waals surface area contributed by atoms with Gasteiger partial charge in [0.25, 0.3) is 0 Å². The first-order valence-electron chi connectivity index (χ1n) is 21.8. The quantitative estimate of drug-likeness (QED) is 0.107. The topological polar surface area (TPSA) is 149 Å². The number of nitrogens with zero attached hydrogens (tertiary/aromatic N) is 10. The molecular formula is C49H44ClF2N13. The van der Waals surface area contributed by atoms with E-state index in [9.17, 15) is 8.78 Å². The first kappa shape index (κ1) is 41.6. The molecule has 6 aromatic heterocycles. The molecule has 13 nitrogen and oxygen atoms in total. The van der Waals surface area contributed by atoms with Crippen LogP contribution < -0.4 is 16.0 Å². The minimum absolute atomic E-state index is 0.294. The summed E-state index contributed by atoms with van der Waals surface area (Å²) in [5, 5.41) is 10.6. The molecule has 2 fully saturated rings. The molecule has 9 aromatic rings. The summed E-state index contributed by atoms with van der Waals surface area (Å²) in [4.78, 5) is 37.0. The van der Waals surface area contributed by atoms with E-state index in [0.29, 0.717) is 70.3 Å². The first-order valence-corrected chi connectivity index (χ1v) is 22.2. The van der Waals surface area contributed by atoms with Crippen molar-refractivity contribution < 1.29 is 8.78 Å². The Balaban J connectivity index is 0.000000157. The van der Waals surface area contributed by atoms with Gasteiger partial charge in [0, 0.05) is 42.1 Å². The minimum Gasteiger partial charge on any atom is -0.366 e. The second-order valence-corrected chi connectivity index (χ2v) is 16.5. The molecule has 11 rings (SSSR count). The number of anilines is 3. The zero-order chi connectivity index (χ0) is 44.1. The number of nitrogens with one attached hydrogen (secondary N) is 3. The van der Waals surface area contributed by atoms with Gasteiger partial charge in [-0.1, -0.05) is 67.6 Å². The molecule has 3 N–H and O–H groups in total. The maximum Gasteiger partial charge on any atom is 0.224 e. The van der Waals surface area contributed by atoms with Gasteiger partial charge in [-0.05, 0) is 116 Å². The van der Waals surface area contributed by atoms with Gasteiger partial charge in [0.05, 0.1) is 11.0 Å². The lowest BCUT2D eigenvalue weighted by Crippen LogP contribution is -2.17. The van der Waals surface area contributed by atoms with Gasteiger partial charge >= 0.3 is 0 Å². The smallest absolute Gasteiger partial charge is 0.224 e. The summed E-state index contributed by atoms with van der Waals surface area (Å²) in [5.41, 5.74) is 5.35. The average molecular weight is 888 g/mol. The van der Waals surface area contributed by atoms with Gasteiger partial charge in [0.1, 0.15) is 45.9 Å². The van der Waals surface area contributed by atoms with Crippen molar-refractivity contribution in [3.63, 3.8) is 0 Å². The van der Waals surface area contributed by atoms with Gasteiger partial charge in [-0.3, -0.25) is 9.13 Å². The fourth-order valence-corrected chi connectivity index (χ4v) is 8.57. The summed E-state index contributed by atoms with van der Waals surface area (Å²) < 4.78 is 31.0. The standard InChI is InChI=1S/C28H26FN7.C21H18ClFN6/c29-21-12-10-20(11-13-21)27-35-26-23(14-15-24(33-26)31-18-19-6-2-1-3-7-19)36(27)25-16-17-30-28(34-25)32-22-8-4-5-9-22;22-17-10-9-16-19(26-17)28-20(13-5-7-14(23)8-6-13)29(16)18-11-12-24-21(27-18)25-15-3-1-2-4-15/h1-3,6-7,10-17,22H,4-5,8-9,18H2,(H,31,33)(H,30,32,34);5-12,15H,1-4H2,(H,24,25,27). The van der Waals surface area contributed by atoms with E-state index < -0.39 is 0 Å². The van der Waals surface area contributed by atoms with Gasteiger partial charge in [-0.25, -0.2) is 38.7 Å². The molecule has 326 valence electrons. The van der Waals surface area contributed by atoms with Crippen molar-refractivity contribution in [2.24, 2.45) is 0 Å². The highest BCUT2D eigenvalue weighted by Crippen LogP contribution is 2.31. The van der Waals surface area contributed by atoms with Crippen molar-refractivity contribution in [3.8, 4) is 34.4 Å². The van der Waals surface area contributed by atoms with E-state index in [2.05, 4.69) is 48.0 Å². The van der Waals surface area contributed by atoms with Crippen LogP contribution in [0.15, 0.2) is 128 Å². The number of rotatable bonds is 11. The molecule has 2 saturated carbocycles. The molecule has 2 aliphatic carbocycles. The summed E-state index contributed by atoms with van der Waals surface area (Å²) in [6.45, 7) is 0.660. The number of fused-ring (bicyclic) bond motifs is 2. The van der Waals surface area contributed by atoms with Crippen LogP contribution in [-0.4, -0.2) is 61.1 Å². The zero-order valence-electron chi connectivity index (χ0n) is 35.2. The highest BCUT2D eigenvalue weighted by atomic mass is 35.5. The SMILES string of the molecule is Fc1ccc(-c2nc3nc(Cl)ccc3n2-c2ccnc(NC3CCCC3)n2)cc1.Fc1ccc(-c2nc3nc(NCc4ccccc4)ccc3n2-c2ccnc(NC3CCCC3)n2)cc1. The summed E-state index contributed by atoms with van der Waals surface area (Å²) in [6.07, 6.45) is 12.9. The van der Waals surface area contributed by atoms with Crippen LogP contribution in [0.3, 0.4) is 0 Å². The summed E-state index contributed by atoms with van der Waals surface area (Å²) in [5.74, 6) is 3.91. The van der Waals surface area contributed by atoms with Gasteiger partial charge in [0.2, 0.25) is 11.9 Å². The van der Waals surface area contributed by atoms with Gasteiger partial charge in [-0.2, -0.15) is 9.97 Å². The van der Waals surface area contributed by atoms with Crippen molar-refractivity contribution in [3.05, 3.63) is 150 Å². The number of pyridine rings is 2. The van der Waals surface area contributed by atoms with Crippen LogP contribution >= 0.6 is 11.6 Å². The first-order chi connectivity index (χ1) is 31.9. The lowest BCUT2D eigenvalue weighted by molar-refractivity contribution is 0.627. The Morgan fingerprint density at radius 3 is 1.54 bits per heavy atom. The second-order valence-electron chi connectivity index (χ2n) is 16.1. The van der Waals surface area contributed by atoms with Crippen LogP contribution in [0.5, 0.6) is 0 Å². The maximum absolute atomic E-state index is 13.7. The number of imidazole rings is 2. The molecular weight excluding hydrogens is 844 g/mol. The molecule has 0 spiro atoms. The Morgan fingerprint density at radius 1 is 0.523 bits per heavy atom. The van der Waals surface area contributed by atoms with Crippen LogP contribution in [0.25, 0.3) is 56.7 Å². The third-order valence-corrected chi connectivity index (χ3v) is 11.9. The largest absolute Gasteiger partial charge is 0.366 e. The van der Waals surface area contributed by atoms with E-state index in [1.807, 2.05) is 57.7 Å². The fraction of sp³-hybridized carbons (Fsp3) is 0.224. The molecule has 0 unspecified atom stereocenters. The average Bonchev–Trinajstić information content (AvgIpc) is 4.17. The fourth-order valence-electron chi connectivity index (χ4n) is 8.43. The molecule has 3 aromatic carbocycles. The molecule has 65 heavy (non-hydrogen) atoms. The molecule has 0 bridgehead atoms. The van der Waals surface area contributed by atoms with Crippen molar-refractivity contribution in [1.82, 2.24) is 49.0 Å². The lowest BCUT2D eigenvalue weighted by atomic mass is 10.2. The highest BCUT2D eigenvalue weighted by Gasteiger charge is 2.22. The molecule has 0 saturated heterocycles. The molecule has 0 amide bonds. The van der Waals surface area contributed by atoms with Crippen molar-refractivity contribution in [2.45, 2.75) is 70.0 Å². The monoisotopic (exact) mass is 887 g/mol. The van der Waals surface area contributed by atoms with Crippen LogP contribution in [0, 0.1) is 11.6 Å². The Morgan fingerprint density at radius 2 is 1.02 bits per heavy atom.